The topological polar surface area (TPSA) is 50.5 Å². The molecule has 78 valence electrons. The van der Waals surface area contributed by atoms with Gasteiger partial charge in [-0.1, -0.05) is 0 Å². The third-order valence-electron chi connectivity index (χ3n) is 2.57. The normalized spacial score (nSPS) is 21.9. The first-order chi connectivity index (χ1) is 6.14. The monoisotopic (exact) mass is 187 g/mol. The highest BCUT2D eigenvalue weighted by Gasteiger charge is 2.44. The van der Waals surface area contributed by atoms with Gasteiger partial charge in [0.25, 0.3) is 0 Å². The number of nitrogens with zero attached hydrogens (tertiary/aromatic N) is 1. The van der Waals surface area contributed by atoms with Gasteiger partial charge in [-0.25, -0.2) is 10.4 Å². The van der Waals surface area contributed by atoms with E-state index in [0.717, 1.165) is 0 Å². The summed E-state index contributed by atoms with van der Waals surface area (Å²) in [5.41, 5.74) is 9.16. The van der Waals surface area contributed by atoms with E-state index in [-0.39, 0.29) is 5.54 Å². The highest BCUT2D eigenvalue weighted by molar-refractivity contribution is 5.01. The van der Waals surface area contributed by atoms with Gasteiger partial charge in [-0.15, -0.1) is 0 Å². The quantitative estimate of drug-likeness (QED) is 0.566. The van der Waals surface area contributed by atoms with Crippen LogP contribution in [0.15, 0.2) is 0 Å². The zero-order chi connectivity index (χ0) is 9.90. The molecule has 0 heterocycles. The Kier molecular flexibility index (Phi) is 3.67. The van der Waals surface area contributed by atoms with E-state index < -0.39 is 0 Å². The smallest absolute Gasteiger partial charge is 0.0708 e. The second-order valence-corrected chi connectivity index (χ2v) is 4.07. The maximum absolute atomic E-state index is 5.81. The average Bonchev–Trinajstić information content (AvgIpc) is 2.85. The lowest BCUT2D eigenvalue weighted by molar-refractivity contribution is 0.0499. The summed E-state index contributed by atoms with van der Waals surface area (Å²) in [6, 6.07) is 0. The summed E-state index contributed by atoms with van der Waals surface area (Å²) in [5, 5.41) is 1.96. The molecule has 1 unspecified atom stereocenters. The van der Waals surface area contributed by atoms with Crippen LogP contribution in [0.2, 0.25) is 0 Å². The highest BCUT2D eigenvalue weighted by Crippen LogP contribution is 2.39. The van der Waals surface area contributed by atoms with E-state index in [1.807, 2.05) is 19.1 Å². The fourth-order valence-corrected chi connectivity index (χ4v) is 1.85. The molecule has 0 spiro atoms. The first-order valence-corrected chi connectivity index (χ1v) is 4.79. The Balaban J connectivity index is 2.57. The van der Waals surface area contributed by atoms with E-state index >= 15 is 0 Å². The molecule has 1 atom stereocenters. The molecule has 0 aliphatic heterocycles. The minimum Gasteiger partial charge on any atom is -0.383 e. The van der Waals surface area contributed by atoms with Crippen molar-refractivity contribution in [2.45, 2.75) is 18.4 Å². The van der Waals surface area contributed by atoms with E-state index in [9.17, 15) is 0 Å². The van der Waals surface area contributed by atoms with Crippen LogP contribution in [0.3, 0.4) is 0 Å². The molecule has 4 heteroatoms. The molecule has 13 heavy (non-hydrogen) atoms. The van der Waals surface area contributed by atoms with E-state index in [4.69, 9.17) is 10.5 Å². The fourth-order valence-electron chi connectivity index (χ4n) is 1.85. The minimum absolute atomic E-state index is 0.0434. The molecule has 4 nitrogen and oxygen atoms in total. The Labute approximate surface area is 80.4 Å². The van der Waals surface area contributed by atoms with Crippen LogP contribution < -0.4 is 11.2 Å². The van der Waals surface area contributed by atoms with E-state index in [1.165, 1.54) is 12.8 Å². The zero-order valence-corrected chi connectivity index (χ0v) is 8.84. The summed E-state index contributed by atoms with van der Waals surface area (Å²) in [6.45, 7) is 1.32. The Morgan fingerprint density at radius 2 is 2.15 bits per heavy atom. The number of hydrogen-bond donors (Lipinski definition) is 2. The molecule has 0 aromatic heterocycles. The van der Waals surface area contributed by atoms with Gasteiger partial charge < -0.3 is 10.5 Å². The van der Waals surface area contributed by atoms with Crippen LogP contribution in [0.5, 0.6) is 0 Å². The van der Waals surface area contributed by atoms with Gasteiger partial charge in [0.1, 0.15) is 0 Å². The van der Waals surface area contributed by atoms with Crippen molar-refractivity contribution < 1.29 is 4.74 Å². The first kappa shape index (κ1) is 10.9. The summed E-state index contributed by atoms with van der Waals surface area (Å²) < 4.78 is 5.23. The zero-order valence-electron chi connectivity index (χ0n) is 8.84. The molecule has 1 aliphatic carbocycles. The van der Waals surface area contributed by atoms with Crippen LogP contribution in [0.4, 0.5) is 0 Å². The molecule has 0 radical (unpaired) electrons. The maximum atomic E-state index is 5.81. The number of nitrogens with two attached hydrogens (primary N) is 1. The third kappa shape index (κ3) is 2.64. The molecule has 1 aliphatic rings. The number of rotatable bonds is 6. The molecule has 3 N–H and O–H groups in total. The summed E-state index contributed by atoms with van der Waals surface area (Å²) in [7, 11) is 5.70. The first-order valence-electron chi connectivity index (χ1n) is 4.79. The molecule has 1 fully saturated rings. The van der Waals surface area contributed by atoms with Crippen molar-refractivity contribution in [1.29, 1.82) is 0 Å². The fraction of sp³-hybridized carbons (Fsp3) is 1.00. The third-order valence-corrected chi connectivity index (χ3v) is 2.57. The Bertz CT molecular complexity index is 159. The number of hydrogen-bond acceptors (Lipinski definition) is 4. The molecule has 0 saturated heterocycles. The van der Waals surface area contributed by atoms with Crippen molar-refractivity contribution in [3.8, 4) is 0 Å². The Hall–Kier alpha value is -0.160. The van der Waals surface area contributed by atoms with Gasteiger partial charge in [0.2, 0.25) is 0 Å². The SMILES string of the molecule is COCC(CN)(NN(C)C)C1CC1. The summed E-state index contributed by atoms with van der Waals surface area (Å²) >= 11 is 0. The lowest BCUT2D eigenvalue weighted by Gasteiger charge is -2.36. The number of ether oxygens (including phenoxy) is 1. The van der Waals surface area contributed by atoms with E-state index in [0.29, 0.717) is 19.1 Å². The Morgan fingerprint density at radius 3 is 2.46 bits per heavy atom. The van der Waals surface area contributed by atoms with Crippen LogP contribution >= 0.6 is 0 Å². The maximum Gasteiger partial charge on any atom is 0.0708 e. The summed E-state index contributed by atoms with van der Waals surface area (Å²) in [4.78, 5) is 0. The minimum atomic E-state index is -0.0434. The standard InChI is InChI=1S/C9H21N3O/c1-12(2)11-9(6-10,7-13-3)8-4-5-8/h8,11H,4-7,10H2,1-3H3. The lowest BCUT2D eigenvalue weighted by atomic mass is 9.95. The van der Waals surface area contributed by atoms with Gasteiger partial charge in [-0.3, -0.25) is 0 Å². The van der Waals surface area contributed by atoms with Gasteiger partial charge in [0, 0.05) is 27.7 Å². The largest absolute Gasteiger partial charge is 0.383 e. The van der Waals surface area contributed by atoms with Gasteiger partial charge >= 0.3 is 0 Å². The second kappa shape index (κ2) is 4.37. The van der Waals surface area contributed by atoms with Crippen molar-refractivity contribution in [3.63, 3.8) is 0 Å². The number of methoxy groups -OCH3 is 1. The second-order valence-electron chi connectivity index (χ2n) is 4.07. The van der Waals surface area contributed by atoms with Crippen molar-refractivity contribution in [1.82, 2.24) is 10.4 Å². The molecular weight excluding hydrogens is 166 g/mol. The summed E-state index contributed by atoms with van der Waals surface area (Å²) in [6.07, 6.45) is 2.53. The molecule has 1 saturated carbocycles. The predicted octanol–water partition coefficient (Wildman–Crippen LogP) is -0.193. The van der Waals surface area contributed by atoms with Crippen LogP contribution in [-0.4, -0.2) is 44.9 Å². The number of hydrazine groups is 1. The molecule has 0 aromatic rings. The van der Waals surface area contributed by atoms with Gasteiger partial charge in [0.05, 0.1) is 12.1 Å². The lowest BCUT2D eigenvalue weighted by Crippen LogP contribution is -2.60. The highest BCUT2D eigenvalue weighted by atomic mass is 16.5. The van der Waals surface area contributed by atoms with Crippen molar-refractivity contribution in [3.05, 3.63) is 0 Å². The van der Waals surface area contributed by atoms with Crippen LogP contribution in [-0.2, 0) is 4.74 Å². The van der Waals surface area contributed by atoms with Gasteiger partial charge in [0.15, 0.2) is 0 Å². The molecular formula is C9H21N3O. The molecule has 0 bridgehead atoms. The average molecular weight is 187 g/mol. The van der Waals surface area contributed by atoms with Crippen LogP contribution in [0.25, 0.3) is 0 Å². The number of nitrogens with one attached hydrogen (secondary N) is 1. The summed E-state index contributed by atoms with van der Waals surface area (Å²) in [5.74, 6) is 0.680. The molecule has 0 aromatic carbocycles. The predicted molar refractivity (Wildman–Crippen MR) is 53.2 cm³/mol. The molecule has 1 rings (SSSR count). The van der Waals surface area contributed by atoms with Gasteiger partial charge in [-0.2, -0.15) is 0 Å². The van der Waals surface area contributed by atoms with Crippen molar-refractivity contribution in [2.75, 3.05) is 34.4 Å². The van der Waals surface area contributed by atoms with Crippen molar-refractivity contribution >= 4 is 0 Å². The Morgan fingerprint density at radius 1 is 1.54 bits per heavy atom. The van der Waals surface area contributed by atoms with E-state index in [2.05, 4.69) is 5.43 Å². The van der Waals surface area contributed by atoms with Crippen LogP contribution in [0.1, 0.15) is 12.8 Å². The molecule has 0 amide bonds. The van der Waals surface area contributed by atoms with Gasteiger partial charge in [-0.05, 0) is 18.8 Å². The van der Waals surface area contributed by atoms with Crippen LogP contribution in [0, 0.1) is 5.92 Å². The van der Waals surface area contributed by atoms with E-state index in [1.54, 1.807) is 7.11 Å². The van der Waals surface area contributed by atoms with Crippen molar-refractivity contribution in [2.24, 2.45) is 11.7 Å².